The van der Waals surface area contributed by atoms with Crippen LogP contribution >= 0.6 is 0 Å². The highest BCUT2D eigenvalue weighted by molar-refractivity contribution is 5.82. The first-order valence-corrected chi connectivity index (χ1v) is 7.60. The van der Waals surface area contributed by atoms with Crippen molar-refractivity contribution in [1.82, 2.24) is 9.88 Å². The minimum absolute atomic E-state index is 0.113. The first kappa shape index (κ1) is 15.0. The molecule has 116 valence electrons. The van der Waals surface area contributed by atoms with Crippen LogP contribution < -0.4 is 4.90 Å². The fourth-order valence-electron chi connectivity index (χ4n) is 2.77. The van der Waals surface area contributed by atoms with Gasteiger partial charge in [-0.05, 0) is 24.6 Å². The largest absolute Gasteiger partial charge is 0.359 e. The van der Waals surface area contributed by atoms with E-state index in [4.69, 9.17) is 5.26 Å². The van der Waals surface area contributed by atoms with Gasteiger partial charge >= 0.3 is 0 Å². The number of piperazine rings is 1. The van der Waals surface area contributed by atoms with Gasteiger partial charge in [0.1, 0.15) is 11.8 Å². The number of amides is 1. The standard InChI is InChI=1S/C18H18N4O/c1-14-3-2-4-15(9-14)12-22-8-7-21(13-18(22)23)17-6-5-16(10-19)20-11-17/h2-6,9,11H,7-8,12-13H2,1H3. The molecule has 5 nitrogen and oxygen atoms in total. The van der Waals surface area contributed by atoms with Gasteiger partial charge in [-0.3, -0.25) is 4.79 Å². The zero-order chi connectivity index (χ0) is 16.2. The summed E-state index contributed by atoms with van der Waals surface area (Å²) in [4.78, 5) is 20.4. The molecule has 2 heterocycles. The van der Waals surface area contributed by atoms with E-state index in [1.807, 2.05) is 28.0 Å². The summed E-state index contributed by atoms with van der Waals surface area (Å²) in [7, 11) is 0. The van der Waals surface area contributed by atoms with Gasteiger partial charge in [0.05, 0.1) is 18.4 Å². The number of pyridine rings is 1. The van der Waals surface area contributed by atoms with Crippen LogP contribution in [0.5, 0.6) is 0 Å². The maximum Gasteiger partial charge on any atom is 0.242 e. The van der Waals surface area contributed by atoms with E-state index in [-0.39, 0.29) is 5.91 Å². The highest BCUT2D eigenvalue weighted by Crippen LogP contribution is 2.17. The van der Waals surface area contributed by atoms with E-state index in [0.29, 0.717) is 25.3 Å². The molecule has 0 radical (unpaired) electrons. The molecule has 0 N–H and O–H groups in total. The lowest BCUT2D eigenvalue weighted by molar-refractivity contribution is -0.131. The van der Waals surface area contributed by atoms with Crippen LogP contribution in [-0.4, -0.2) is 35.4 Å². The second-order valence-electron chi connectivity index (χ2n) is 5.74. The van der Waals surface area contributed by atoms with Crippen LogP contribution in [0.15, 0.2) is 42.6 Å². The van der Waals surface area contributed by atoms with E-state index in [2.05, 4.69) is 30.1 Å². The number of rotatable bonds is 3. The van der Waals surface area contributed by atoms with Crippen LogP contribution in [0.3, 0.4) is 0 Å². The smallest absolute Gasteiger partial charge is 0.242 e. The molecule has 1 aromatic heterocycles. The van der Waals surface area contributed by atoms with E-state index in [1.165, 1.54) is 5.56 Å². The van der Waals surface area contributed by atoms with Gasteiger partial charge in [-0.25, -0.2) is 4.98 Å². The molecule has 1 aromatic carbocycles. The third-order valence-electron chi connectivity index (χ3n) is 4.00. The third-order valence-corrected chi connectivity index (χ3v) is 4.00. The molecule has 2 aromatic rings. The number of carbonyl (C=O) groups is 1. The average molecular weight is 306 g/mol. The van der Waals surface area contributed by atoms with Crippen molar-refractivity contribution in [1.29, 1.82) is 5.26 Å². The Bertz CT molecular complexity index is 748. The number of anilines is 1. The van der Waals surface area contributed by atoms with Crippen LogP contribution in [0.4, 0.5) is 5.69 Å². The number of hydrogen-bond donors (Lipinski definition) is 0. The van der Waals surface area contributed by atoms with Crippen molar-refractivity contribution in [3.05, 3.63) is 59.4 Å². The van der Waals surface area contributed by atoms with Gasteiger partial charge in [0.2, 0.25) is 5.91 Å². The Morgan fingerprint density at radius 3 is 2.78 bits per heavy atom. The predicted molar refractivity (Wildman–Crippen MR) is 87.8 cm³/mol. The SMILES string of the molecule is Cc1cccc(CN2CCN(c3ccc(C#N)nc3)CC2=O)c1. The lowest BCUT2D eigenvalue weighted by Crippen LogP contribution is -2.50. The second-order valence-corrected chi connectivity index (χ2v) is 5.74. The molecule has 1 aliphatic rings. The van der Waals surface area contributed by atoms with Crippen molar-refractivity contribution in [2.45, 2.75) is 13.5 Å². The van der Waals surface area contributed by atoms with Gasteiger partial charge in [0, 0.05) is 19.6 Å². The fourth-order valence-corrected chi connectivity index (χ4v) is 2.77. The van der Waals surface area contributed by atoms with Gasteiger partial charge < -0.3 is 9.80 Å². The first-order valence-electron chi connectivity index (χ1n) is 7.60. The first-order chi connectivity index (χ1) is 11.2. The highest BCUT2D eigenvalue weighted by Gasteiger charge is 2.24. The number of hydrogen-bond acceptors (Lipinski definition) is 4. The van der Waals surface area contributed by atoms with Gasteiger partial charge in [0.25, 0.3) is 0 Å². The maximum absolute atomic E-state index is 12.4. The summed E-state index contributed by atoms with van der Waals surface area (Å²) in [5.74, 6) is 0.113. The van der Waals surface area contributed by atoms with Crippen molar-refractivity contribution in [3.63, 3.8) is 0 Å². The normalized spacial score (nSPS) is 14.7. The highest BCUT2D eigenvalue weighted by atomic mass is 16.2. The van der Waals surface area contributed by atoms with Crippen molar-refractivity contribution in [2.24, 2.45) is 0 Å². The minimum Gasteiger partial charge on any atom is -0.359 e. The van der Waals surface area contributed by atoms with Gasteiger partial charge in [-0.15, -0.1) is 0 Å². The molecular weight excluding hydrogens is 288 g/mol. The van der Waals surface area contributed by atoms with E-state index in [0.717, 1.165) is 17.8 Å². The topological polar surface area (TPSA) is 60.2 Å². The lowest BCUT2D eigenvalue weighted by Gasteiger charge is -2.35. The number of nitrogens with zero attached hydrogens (tertiary/aromatic N) is 4. The van der Waals surface area contributed by atoms with Gasteiger partial charge in [-0.2, -0.15) is 5.26 Å². The Hall–Kier alpha value is -2.87. The molecular formula is C18H18N4O. The number of aryl methyl sites for hydroxylation is 1. The van der Waals surface area contributed by atoms with Gasteiger partial charge in [0.15, 0.2) is 0 Å². The number of carbonyl (C=O) groups excluding carboxylic acids is 1. The summed E-state index contributed by atoms with van der Waals surface area (Å²) < 4.78 is 0. The summed E-state index contributed by atoms with van der Waals surface area (Å²) in [6.07, 6.45) is 1.65. The van der Waals surface area contributed by atoms with Gasteiger partial charge in [-0.1, -0.05) is 29.8 Å². The van der Waals surface area contributed by atoms with Crippen molar-refractivity contribution in [3.8, 4) is 6.07 Å². The Morgan fingerprint density at radius 2 is 2.13 bits per heavy atom. The summed E-state index contributed by atoms with van der Waals surface area (Å²) in [5, 5.41) is 8.79. The fraction of sp³-hybridized carbons (Fsp3) is 0.278. The molecule has 0 saturated carbocycles. The van der Waals surface area contributed by atoms with Crippen molar-refractivity contribution in [2.75, 3.05) is 24.5 Å². The van der Waals surface area contributed by atoms with E-state index in [9.17, 15) is 4.79 Å². The molecule has 0 aliphatic carbocycles. The zero-order valence-corrected chi connectivity index (χ0v) is 13.1. The molecule has 23 heavy (non-hydrogen) atoms. The summed E-state index contributed by atoms with van der Waals surface area (Å²) in [5.41, 5.74) is 3.63. The van der Waals surface area contributed by atoms with Crippen LogP contribution in [0.2, 0.25) is 0 Å². The Balaban J connectivity index is 1.65. The zero-order valence-electron chi connectivity index (χ0n) is 13.1. The van der Waals surface area contributed by atoms with Crippen LogP contribution in [0.1, 0.15) is 16.8 Å². The van der Waals surface area contributed by atoms with Crippen molar-refractivity contribution >= 4 is 11.6 Å². The van der Waals surface area contributed by atoms with Crippen LogP contribution in [0.25, 0.3) is 0 Å². The molecule has 3 rings (SSSR count). The van der Waals surface area contributed by atoms with E-state index < -0.39 is 0 Å². The molecule has 1 aliphatic heterocycles. The number of nitriles is 1. The van der Waals surface area contributed by atoms with Crippen molar-refractivity contribution < 1.29 is 4.79 Å². The maximum atomic E-state index is 12.4. The molecule has 1 amide bonds. The predicted octanol–water partition coefficient (Wildman–Crippen LogP) is 2.11. The average Bonchev–Trinajstić information content (AvgIpc) is 2.57. The Kier molecular flexibility index (Phi) is 4.24. The second kappa shape index (κ2) is 6.49. The summed E-state index contributed by atoms with van der Waals surface area (Å²) >= 11 is 0. The Labute approximate surface area is 135 Å². The van der Waals surface area contributed by atoms with E-state index in [1.54, 1.807) is 12.3 Å². The molecule has 0 bridgehead atoms. The lowest BCUT2D eigenvalue weighted by atomic mass is 10.1. The summed E-state index contributed by atoms with van der Waals surface area (Å²) in [6, 6.07) is 13.8. The van der Waals surface area contributed by atoms with E-state index >= 15 is 0 Å². The minimum atomic E-state index is 0.113. The number of benzene rings is 1. The molecule has 0 spiro atoms. The molecule has 0 unspecified atom stereocenters. The third kappa shape index (κ3) is 3.49. The van der Waals surface area contributed by atoms with Crippen LogP contribution in [-0.2, 0) is 11.3 Å². The molecule has 0 atom stereocenters. The molecule has 1 fully saturated rings. The monoisotopic (exact) mass is 306 g/mol. The summed E-state index contributed by atoms with van der Waals surface area (Å²) in [6.45, 7) is 4.51. The van der Waals surface area contributed by atoms with Crippen LogP contribution in [0, 0.1) is 18.3 Å². The number of aromatic nitrogens is 1. The molecule has 5 heteroatoms. The quantitative estimate of drug-likeness (QED) is 0.871. The Morgan fingerprint density at radius 1 is 1.26 bits per heavy atom. The molecule has 1 saturated heterocycles.